The Kier molecular flexibility index (Phi) is 9.69. The first-order valence-electron chi connectivity index (χ1n) is 4.76. The highest BCUT2D eigenvalue weighted by molar-refractivity contribution is 5.85. The molecule has 1 aliphatic heterocycles. The van der Waals surface area contributed by atoms with Crippen molar-refractivity contribution in [3.05, 3.63) is 0 Å². The Morgan fingerprint density at radius 2 is 2.06 bits per heavy atom. The van der Waals surface area contributed by atoms with Crippen LogP contribution in [-0.4, -0.2) is 55.5 Å². The summed E-state index contributed by atoms with van der Waals surface area (Å²) in [6, 6.07) is -0.300. The fraction of sp³-hybridized carbons (Fsp3) is 0.700. The van der Waals surface area contributed by atoms with E-state index in [1.54, 1.807) is 4.90 Å². The number of likely N-dealkylation sites (tertiary alicyclic amines) is 1. The minimum atomic E-state index is -0.300. The maximum Gasteiger partial charge on any atom is 0.240 e. The van der Waals surface area contributed by atoms with Crippen LogP contribution in [-0.2, 0) is 4.79 Å². The molecule has 0 radical (unpaired) electrons. The molecule has 1 atom stereocenters. The number of nitrogens with zero attached hydrogens (tertiary/aromatic N) is 2. The third-order valence-electron chi connectivity index (χ3n) is 2.13. The van der Waals surface area contributed by atoms with Crippen molar-refractivity contribution in [3.63, 3.8) is 0 Å². The third kappa shape index (κ3) is 5.57. The van der Waals surface area contributed by atoms with E-state index in [0.717, 1.165) is 19.5 Å². The quantitative estimate of drug-likeness (QED) is 0.715. The lowest BCUT2D eigenvalue weighted by Gasteiger charge is -2.11. The molecule has 4 nitrogen and oxygen atoms in total. The van der Waals surface area contributed by atoms with Crippen LogP contribution < -0.4 is 5.73 Å². The second-order valence-corrected chi connectivity index (χ2v) is 3.75. The van der Waals surface area contributed by atoms with E-state index in [4.69, 9.17) is 5.73 Å². The Hall–Kier alpha value is -0.470. The molecule has 1 amide bonds. The van der Waals surface area contributed by atoms with Gasteiger partial charge < -0.3 is 10.6 Å². The van der Waals surface area contributed by atoms with Crippen molar-refractivity contribution in [1.82, 2.24) is 9.80 Å². The van der Waals surface area contributed by atoms with Gasteiger partial charge in [-0.15, -0.1) is 24.8 Å². The fourth-order valence-electron chi connectivity index (χ4n) is 1.29. The first-order valence-corrected chi connectivity index (χ1v) is 4.76. The Balaban J connectivity index is 0. The number of carbonyl (C=O) groups excluding carboxylic acids is 1. The maximum absolute atomic E-state index is 11.4. The predicted molar refractivity (Wildman–Crippen MR) is 70.0 cm³/mol. The Morgan fingerprint density at radius 1 is 1.44 bits per heavy atom. The summed E-state index contributed by atoms with van der Waals surface area (Å²) < 4.78 is 0. The van der Waals surface area contributed by atoms with Gasteiger partial charge in [0.15, 0.2) is 0 Å². The van der Waals surface area contributed by atoms with Crippen molar-refractivity contribution in [1.29, 1.82) is 0 Å². The van der Waals surface area contributed by atoms with Crippen molar-refractivity contribution in [3.8, 4) is 11.8 Å². The number of hydrogen-bond donors (Lipinski definition) is 1. The van der Waals surface area contributed by atoms with E-state index < -0.39 is 0 Å². The minimum absolute atomic E-state index is 0. The van der Waals surface area contributed by atoms with Gasteiger partial charge in [0.05, 0.1) is 19.1 Å². The largest absolute Gasteiger partial charge is 0.330 e. The van der Waals surface area contributed by atoms with E-state index in [1.807, 2.05) is 19.0 Å². The predicted octanol–water partition coefficient (Wildman–Crippen LogP) is -0.0454. The van der Waals surface area contributed by atoms with E-state index >= 15 is 0 Å². The first-order chi connectivity index (χ1) is 6.61. The third-order valence-corrected chi connectivity index (χ3v) is 2.13. The summed E-state index contributed by atoms with van der Waals surface area (Å²) in [5.74, 6) is 5.99. The van der Waals surface area contributed by atoms with Crippen LogP contribution in [0.3, 0.4) is 0 Å². The summed E-state index contributed by atoms with van der Waals surface area (Å²) >= 11 is 0. The molecule has 0 aromatic carbocycles. The van der Waals surface area contributed by atoms with Gasteiger partial charge in [-0.05, 0) is 20.5 Å². The van der Waals surface area contributed by atoms with Crippen molar-refractivity contribution < 1.29 is 4.79 Å². The van der Waals surface area contributed by atoms with Crippen LogP contribution in [0, 0.1) is 11.8 Å². The van der Waals surface area contributed by atoms with E-state index in [2.05, 4.69) is 11.8 Å². The summed E-state index contributed by atoms with van der Waals surface area (Å²) in [6.45, 7) is 1.99. The summed E-state index contributed by atoms with van der Waals surface area (Å²) in [7, 11) is 3.93. The van der Waals surface area contributed by atoms with Crippen molar-refractivity contribution >= 4 is 30.7 Å². The Labute approximate surface area is 109 Å². The average Bonchev–Trinajstić information content (AvgIpc) is 2.43. The summed E-state index contributed by atoms with van der Waals surface area (Å²) in [5.41, 5.74) is 5.57. The summed E-state index contributed by atoms with van der Waals surface area (Å²) in [5, 5.41) is 0. The lowest BCUT2D eigenvalue weighted by Crippen LogP contribution is -2.34. The lowest BCUT2D eigenvalue weighted by molar-refractivity contribution is -0.128. The number of halogens is 2. The monoisotopic (exact) mass is 267 g/mol. The molecule has 0 saturated carbocycles. The smallest absolute Gasteiger partial charge is 0.240 e. The molecule has 0 aliphatic carbocycles. The minimum Gasteiger partial charge on any atom is -0.330 e. The molecule has 94 valence electrons. The van der Waals surface area contributed by atoms with Crippen LogP contribution in [0.4, 0.5) is 0 Å². The molecule has 16 heavy (non-hydrogen) atoms. The second kappa shape index (κ2) is 8.66. The number of carbonyl (C=O) groups is 1. The van der Waals surface area contributed by atoms with Gasteiger partial charge in [-0.2, -0.15) is 0 Å². The van der Waals surface area contributed by atoms with Gasteiger partial charge in [-0.3, -0.25) is 9.69 Å². The Morgan fingerprint density at radius 3 is 2.50 bits per heavy atom. The van der Waals surface area contributed by atoms with Crippen LogP contribution in [0.2, 0.25) is 0 Å². The highest BCUT2D eigenvalue weighted by Crippen LogP contribution is 2.07. The summed E-state index contributed by atoms with van der Waals surface area (Å²) in [4.78, 5) is 15.1. The van der Waals surface area contributed by atoms with Crippen LogP contribution in [0.1, 0.15) is 6.42 Å². The SMILES string of the molecule is CN(C)CC#CCN1CC[C@@H](N)C1=O.Cl.Cl. The van der Waals surface area contributed by atoms with Gasteiger partial charge in [0.2, 0.25) is 5.91 Å². The van der Waals surface area contributed by atoms with Crippen LogP contribution >= 0.6 is 24.8 Å². The molecule has 0 unspecified atom stereocenters. The highest BCUT2D eigenvalue weighted by atomic mass is 35.5. The number of hydrogen-bond acceptors (Lipinski definition) is 3. The molecule has 6 heteroatoms. The standard InChI is InChI=1S/C10H17N3O.2ClH/c1-12(2)6-3-4-7-13-8-5-9(11)10(13)14;;/h9H,5-8,11H2,1-2H3;2*1H/t9-;;/m1../s1. The lowest BCUT2D eigenvalue weighted by atomic mass is 10.3. The number of rotatable bonds is 2. The van der Waals surface area contributed by atoms with Crippen LogP contribution in [0.15, 0.2) is 0 Å². The van der Waals surface area contributed by atoms with Crippen LogP contribution in [0.5, 0.6) is 0 Å². The number of amides is 1. The zero-order valence-corrected chi connectivity index (χ0v) is 11.2. The normalized spacial score (nSPS) is 18.6. The van der Waals surface area contributed by atoms with Crippen LogP contribution in [0.25, 0.3) is 0 Å². The summed E-state index contributed by atoms with van der Waals surface area (Å²) in [6.07, 6.45) is 0.758. The molecule has 1 fully saturated rings. The first kappa shape index (κ1) is 17.9. The van der Waals surface area contributed by atoms with Gasteiger partial charge in [0.1, 0.15) is 0 Å². The molecule has 1 rings (SSSR count). The van der Waals surface area contributed by atoms with Gasteiger partial charge in [0, 0.05) is 6.54 Å². The Bertz CT molecular complexity index is 273. The molecule has 2 N–H and O–H groups in total. The van der Waals surface area contributed by atoms with E-state index in [9.17, 15) is 4.79 Å². The molecular weight excluding hydrogens is 249 g/mol. The van der Waals surface area contributed by atoms with Crippen molar-refractivity contribution in [2.24, 2.45) is 5.73 Å². The molecule has 0 aromatic rings. The van der Waals surface area contributed by atoms with Gasteiger partial charge in [0.25, 0.3) is 0 Å². The zero-order chi connectivity index (χ0) is 10.6. The van der Waals surface area contributed by atoms with Crippen molar-refractivity contribution in [2.75, 3.05) is 33.7 Å². The molecule has 1 heterocycles. The van der Waals surface area contributed by atoms with E-state index in [0.29, 0.717) is 6.54 Å². The molecule has 0 bridgehead atoms. The molecule has 0 spiro atoms. The maximum atomic E-state index is 11.4. The van der Waals surface area contributed by atoms with Crippen molar-refractivity contribution in [2.45, 2.75) is 12.5 Å². The second-order valence-electron chi connectivity index (χ2n) is 3.75. The van der Waals surface area contributed by atoms with E-state index in [1.165, 1.54) is 0 Å². The highest BCUT2D eigenvalue weighted by Gasteiger charge is 2.27. The molecular formula is C10H19Cl2N3O. The number of nitrogens with two attached hydrogens (primary N) is 1. The van der Waals surface area contributed by atoms with E-state index in [-0.39, 0.29) is 36.8 Å². The van der Waals surface area contributed by atoms with Gasteiger partial charge >= 0.3 is 0 Å². The molecule has 0 aromatic heterocycles. The molecule has 1 saturated heterocycles. The fourth-order valence-corrected chi connectivity index (χ4v) is 1.29. The zero-order valence-electron chi connectivity index (χ0n) is 9.60. The molecule has 1 aliphatic rings. The topological polar surface area (TPSA) is 49.6 Å². The van der Waals surface area contributed by atoms with Gasteiger partial charge in [-0.1, -0.05) is 11.8 Å². The average molecular weight is 268 g/mol. The van der Waals surface area contributed by atoms with Gasteiger partial charge in [-0.25, -0.2) is 0 Å².